The fourth-order valence-corrected chi connectivity index (χ4v) is 4.03. The van der Waals surface area contributed by atoms with Crippen LogP contribution in [0.4, 0.5) is 0 Å². The van der Waals surface area contributed by atoms with Crippen molar-refractivity contribution in [2.75, 3.05) is 6.61 Å². The minimum absolute atomic E-state index is 0.684. The van der Waals surface area contributed by atoms with Crippen LogP contribution < -0.4 is 0 Å². The molecule has 0 aromatic heterocycles. The Morgan fingerprint density at radius 1 is 0.957 bits per heavy atom. The van der Waals surface area contributed by atoms with Gasteiger partial charge in [-0.3, -0.25) is 0 Å². The van der Waals surface area contributed by atoms with Gasteiger partial charge in [0.15, 0.2) is 0 Å². The van der Waals surface area contributed by atoms with Gasteiger partial charge < -0.3 is 9.84 Å². The Hall–Kier alpha value is -1.68. The first-order chi connectivity index (χ1) is 11.2. The highest BCUT2D eigenvalue weighted by Crippen LogP contribution is 2.40. The number of ether oxygens (including phenoxy) is 1. The van der Waals surface area contributed by atoms with Gasteiger partial charge in [-0.1, -0.05) is 48.5 Å². The summed E-state index contributed by atoms with van der Waals surface area (Å²) in [7, 11) is 3.76. The molecule has 4 rings (SSSR count). The third-order valence-electron chi connectivity index (χ3n) is 4.83. The highest BCUT2D eigenvalue weighted by molar-refractivity contribution is 6.16. The molecule has 0 aliphatic carbocycles. The second-order valence-electron chi connectivity index (χ2n) is 6.33. The molecule has 1 aliphatic heterocycles. The van der Waals surface area contributed by atoms with E-state index in [4.69, 9.17) is 4.74 Å². The summed E-state index contributed by atoms with van der Waals surface area (Å²) < 4.78 is 5.94. The first-order valence-electron chi connectivity index (χ1n) is 8.16. The molecule has 1 aliphatic rings. The summed E-state index contributed by atoms with van der Waals surface area (Å²) in [6, 6.07) is 18.7. The topological polar surface area (TPSA) is 29.5 Å². The van der Waals surface area contributed by atoms with Crippen molar-refractivity contribution in [3.8, 4) is 0 Å². The third-order valence-corrected chi connectivity index (χ3v) is 5.50. The summed E-state index contributed by atoms with van der Waals surface area (Å²) in [6.07, 6.45) is 2.21. The summed E-state index contributed by atoms with van der Waals surface area (Å²) in [5.41, 5.74) is 0.954. The van der Waals surface area contributed by atoms with Crippen molar-refractivity contribution in [3.05, 3.63) is 60.2 Å². The van der Waals surface area contributed by atoms with Gasteiger partial charge in [0.2, 0.25) is 0 Å². The molecule has 0 saturated carbocycles. The lowest BCUT2D eigenvalue weighted by atomic mass is 9.89. The smallest absolute Gasteiger partial charge is 0.105 e. The van der Waals surface area contributed by atoms with Crippen LogP contribution in [0.25, 0.3) is 21.5 Å². The van der Waals surface area contributed by atoms with Crippen molar-refractivity contribution in [2.45, 2.75) is 30.6 Å². The van der Waals surface area contributed by atoms with Crippen molar-refractivity contribution in [1.29, 1.82) is 0 Å². The Morgan fingerprint density at radius 3 is 2.13 bits per heavy atom. The standard InChI is InChI=1S/C20H19O2Si/c21-19(20(23)11-5-6-12-22-20)18-16-9-3-1-7-14(16)13-15-8-2-4-10-17(15)18/h1-4,7-10,13,19,21H,5-6,11-12H2. The monoisotopic (exact) mass is 319 g/mol. The third kappa shape index (κ3) is 2.49. The van der Waals surface area contributed by atoms with Crippen LogP contribution in [0.2, 0.25) is 0 Å². The molecular weight excluding hydrogens is 300 g/mol. The first-order valence-corrected chi connectivity index (χ1v) is 8.66. The molecule has 1 saturated heterocycles. The predicted molar refractivity (Wildman–Crippen MR) is 94.7 cm³/mol. The fraction of sp³-hybridized carbons (Fsp3) is 0.300. The molecule has 2 atom stereocenters. The van der Waals surface area contributed by atoms with E-state index in [1.54, 1.807) is 0 Å². The molecule has 2 nitrogen and oxygen atoms in total. The van der Waals surface area contributed by atoms with E-state index in [1.807, 2.05) is 24.3 Å². The number of hydrogen-bond acceptors (Lipinski definition) is 2. The maximum atomic E-state index is 11.2. The number of benzene rings is 3. The van der Waals surface area contributed by atoms with Crippen molar-refractivity contribution in [2.24, 2.45) is 0 Å². The van der Waals surface area contributed by atoms with Crippen LogP contribution in [0, 0.1) is 0 Å². The van der Waals surface area contributed by atoms with Gasteiger partial charge in [0, 0.05) is 6.61 Å². The van der Waals surface area contributed by atoms with Crippen LogP contribution in [0.15, 0.2) is 54.6 Å². The Balaban J connectivity index is 1.99. The lowest BCUT2D eigenvalue weighted by Crippen LogP contribution is -2.43. The summed E-state index contributed by atoms with van der Waals surface area (Å²) in [5.74, 6) is 0. The lowest BCUT2D eigenvalue weighted by molar-refractivity contribution is -0.0939. The van der Waals surface area contributed by atoms with E-state index in [9.17, 15) is 5.11 Å². The normalized spacial score (nSPS) is 23.2. The average Bonchev–Trinajstić information content (AvgIpc) is 2.59. The molecule has 3 heteroatoms. The van der Waals surface area contributed by atoms with E-state index in [0.717, 1.165) is 46.4 Å². The number of aliphatic hydroxyl groups is 1. The van der Waals surface area contributed by atoms with Gasteiger partial charge in [-0.15, -0.1) is 0 Å². The second kappa shape index (κ2) is 5.75. The minimum atomic E-state index is -0.713. The molecule has 0 amide bonds. The molecular formula is C20H19O2Si. The fourth-order valence-electron chi connectivity index (χ4n) is 3.61. The van der Waals surface area contributed by atoms with E-state index in [-0.39, 0.29) is 0 Å². The molecule has 23 heavy (non-hydrogen) atoms. The van der Waals surface area contributed by atoms with E-state index >= 15 is 0 Å². The maximum absolute atomic E-state index is 11.2. The highest BCUT2D eigenvalue weighted by Gasteiger charge is 2.38. The van der Waals surface area contributed by atoms with Crippen LogP contribution in [0.3, 0.4) is 0 Å². The molecule has 1 N–H and O–H groups in total. The van der Waals surface area contributed by atoms with Gasteiger partial charge >= 0.3 is 0 Å². The molecule has 3 aromatic carbocycles. The van der Waals surface area contributed by atoms with Crippen molar-refractivity contribution in [3.63, 3.8) is 0 Å². The van der Waals surface area contributed by atoms with Gasteiger partial charge in [0.05, 0.1) is 15.5 Å². The minimum Gasteiger partial charge on any atom is -0.386 e. The van der Waals surface area contributed by atoms with Gasteiger partial charge in [-0.25, -0.2) is 0 Å². The zero-order valence-electron chi connectivity index (χ0n) is 13.0. The van der Waals surface area contributed by atoms with E-state index in [2.05, 4.69) is 40.6 Å². The van der Waals surface area contributed by atoms with Gasteiger partial charge in [0.1, 0.15) is 6.10 Å². The van der Waals surface area contributed by atoms with E-state index in [0.29, 0.717) is 6.61 Å². The van der Waals surface area contributed by atoms with Crippen molar-refractivity contribution >= 4 is 31.8 Å². The zero-order chi connectivity index (χ0) is 15.9. The quantitative estimate of drug-likeness (QED) is 0.569. The van der Waals surface area contributed by atoms with Gasteiger partial charge in [0.25, 0.3) is 0 Å². The molecule has 0 bridgehead atoms. The number of aliphatic hydroxyl groups excluding tert-OH is 1. The zero-order valence-corrected chi connectivity index (χ0v) is 14.0. The number of hydrogen-bond donors (Lipinski definition) is 1. The van der Waals surface area contributed by atoms with Gasteiger partial charge in [-0.05, 0) is 52.4 Å². The molecule has 115 valence electrons. The molecule has 1 heterocycles. The van der Waals surface area contributed by atoms with Crippen LogP contribution in [-0.4, -0.2) is 27.2 Å². The Bertz CT molecular complexity index is 799. The van der Waals surface area contributed by atoms with E-state index in [1.165, 1.54) is 0 Å². The predicted octanol–water partition coefficient (Wildman–Crippen LogP) is 4.09. The Kier molecular flexibility index (Phi) is 3.72. The lowest BCUT2D eigenvalue weighted by Gasteiger charge is -2.39. The summed E-state index contributed by atoms with van der Waals surface area (Å²) in [4.78, 5) is 0. The molecule has 3 aromatic rings. The maximum Gasteiger partial charge on any atom is 0.105 e. The summed E-state index contributed by atoms with van der Waals surface area (Å²) in [5, 5.41) is 15.0. The molecule has 1 fully saturated rings. The van der Waals surface area contributed by atoms with Crippen LogP contribution >= 0.6 is 0 Å². The van der Waals surface area contributed by atoms with Crippen molar-refractivity contribution in [1.82, 2.24) is 0 Å². The van der Waals surface area contributed by atoms with Gasteiger partial charge in [-0.2, -0.15) is 0 Å². The SMILES string of the molecule is OC(c1c2ccccc2cc2ccccc12)C1([Si])CCCCO1. The molecule has 3 radical (unpaired) electrons. The van der Waals surface area contributed by atoms with Crippen LogP contribution in [-0.2, 0) is 4.74 Å². The Labute approximate surface area is 139 Å². The van der Waals surface area contributed by atoms with Crippen LogP contribution in [0.5, 0.6) is 0 Å². The molecule has 2 unspecified atom stereocenters. The number of fused-ring (bicyclic) bond motifs is 2. The van der Waals surface area contributed by atoms with Crippen LogP contribution in [0.1, 0.15) is 30.9 Å². The summed E-state index contributed by atoms with van der Waals surface area (Å²) in [6.45, 7) is 0.684. The number of rotatable bonds is 2. The highest BCUT2D eigenvalue weighted by atomic mass is 28.1. The average molecular weight is 319 g/mol. The van der Waals surface area contributed by atoms with E-state index < -0.39 is 11.3 Å². The Morgan fingerprint density at radius 2 is 1.57 bits per heavy atom. The largest absolute Gasteiger partial charge is 0.386 e. The first kappa shape index (κ1) is 14.9. The molecule has 0 spiro atoms. The summed E-state index contributed by atoms with van der Waals surface area (Å²) >= 11 is 0. The second-order valence-corrected chi connectivity index (χ2v) is 7.18. The van der Waals surface area contributed by atoms with Crippen molar-refractivity contribution < 1.29 is 9.84 Å².